The normalized spacial score (nSPS) is 10.4. The highest BCUT2D eigenvalue weighted by molar-refractivity contribution is 7.89. The molecule has 0 unspecified atom stereocenters. The molecule has 0 aliphatic heterocycles. The van der Waals surface area contributed by atoms with Crippen molar-refractivity contribution < 1.29 is 8.42 Å². The van der Waals surface area contributed by atoms with E-state index in [1.54, 1.807) is 6.20 Å². The van der Waals surface area contributed by atoms with Gasteiger partial charge in [-0.25, -0.2) is 18.5 Å². The van der Waals surface area contributed by atoms with Crippen molar-refractivity contribution in [3.8, 4) is 0 Å². The van der Waals surface area contributed by atoms with Crippen molar-refractivity contribution in [2.75, 3.05) is 11.5 Å². The third-order valence-electron chi connectivity index (χ3n) is 1.66. The van der Waals surface area contributed by atoms with Crippen LogP contribution in [-0.4, -0.2) is 13.4 Å². The molecule has 0 fully saturated rings. The fourth-order valence-electron chi connectivity index (χ4n) is 0.892. The van der Waals surface area contributed by atoms with E-state index in [0.717, 1.165) is 0 Å². The molecule has 0 atom stereocenters. The first kappa shape index (κ1) is 13.4. The van der Waals surface area contributed by atoms with E-state index >= 15 is 0 Å². The van der Waals surface area contributed by atoms with Crippen LogP contribution in [0, 0.1) is 0 Å². The van der Waals surface area contributed by atoms with Gasteiger partial charge in [-0.3, -0.25) is 0 Å². The van der Waals surface area contributed by atoms with Crippen LogP contribution < -0.4 is 16.6 Å². The maximum absolute atomic E-state index is 10.7. The number of hydrogen-bond donors (Lipinski definition) is 3. The van der Waals surface area contributed by atoms with Crippen molar-refractivity contribution in [1.82, 2.24) is 4.98 Å². The standard InChI is InChI=1S/C6H8N2O2S.C3H4N2S/c7-5-1-3-6(4-2-5)11(8,9)10;4-3-5-1-2-6-3/h1-4H,7H2,(H2,8,9,10);1-2H,(H2,4,5). The number of benzene rings is 1. The Labute approximate surface area is 103 Å². The molecular weight excluding hydrogens is 260 g/mol. The minimum absolute atomic E-state index is 0.0756. The lowest BCUT2D eigenvalue weighted by molar-refractivity contribution is 0.598. The Morgan fingerprint density at radius 2 is 1.71 bits per heavy atom. The van der Waals surface area contributed by atoms with Crippen molar-refractivity contribution in [3.63, 3.8) is 0 Å². The van der Waals surface area contributed by atoms with Gasteiger partial charge in [-0.2, -0.15) is 0 Å². The monoisotopic (exact) mass is 272 g/mol. The molecule has 1 aromatic heterocycles. The van der Waals surface area contributed by atoms with Gasteiger partial charge in [0.05, 0.1) is 4.90 Å². The zero-order valence-corrected chi connectivity index (χ0v) is 10.4. The summed E-state index contributed by atoms with van der Waals surface area (Å²) >= 11 is 1.44. The van der Waals surface area contributed by atoms with E-state index in [1.807, 2.05) is 5.38 Å². The van der Waals surface area contributed by atoms with Crippen LogP contribution in [0.4, 0.5) is 10.8 Å². The number of thiazole rings is 1. The Morgan fingerprint density at radius 1 is 1.12 bits per heavy atom. The van der Waals surface area contributed by atoms with Crippen LogP contribution in [0.25, 0.3) is 0 Å². The maximum Gasteiger partial charge on any atom is 0.238 e. The number of primary sulfonamides is 1. The van der Waals surface area contributed by atoms with Gasteiger partial charge in [0.2, 0.25) is 10.0 Å². The molecule has 17 heavy (non-hydrogen) atoms. The zero-order valence-electron chi connectivity index (χ0n) is 8.78. The van der Waals surface area contributed by atoms with Crippen molar-refractivity contribution in [2.24, 2.45) is 5.14 Å². The molecule has 0 radical (unpaired) electrons. The lowest BCUT2D eigenvalue weighted by Crippen LogP contribution is -2.11. The van der Waals surface area contributed by atoms with Crippen LogP contribution >= 0.6 is 11.3 Å². The van der Waals surface area contributed by atoms with Gasteiger partial charge >= 0.3 is 0 Å². The molecule has 0 saturated heterocycles. The van der Waals surface area contributed by atoms with Gasteiger partial charge < -0.3 is 11.5 Å². The Kier molecular flexibility index (Phi) is 4.44. The van der Waals surface area contributed by atoms with Gasteiger partial charge in [0, 0.05) is 17.3 Å². The molecule has 92 valence electrons. The number of sulfonamides is 1. The topological polar surface area (TPSA) is 125 Å². The summed E-state index contributed by atoms with van der Waals surface area (Å²) < 4.78 is 21.4. The van der Waals surface area contributed by atoms with Gasteiger partial charge in [-0.15, -0.1) is 11.3 Å². The third-order valence-corrected chi connectivity index (χ3v) is 3.19. The summed E-state index contributed by atoms with van der Waals surface area (Å²) in [5, 5.41) is 7.32. The number of nitrogen functional groups attached to an aromatic ring is 2. The van der Waals surface area contributed by atoms with E-state index in [9.17, 15) is 8.42 Å². The Balaban J connectivity index is 0.000000202. The van der Waals surface area contributed by atoms with E-state index in [2.05, 4.69) is 4.98 Å². The number of hydrogen-bond acceptors (Lipinski definition) is 6. The molecule has 1 heterocycles. The number of nitrogens with two attached hydrogens (primary N) is 3. The second-order valence-electron chi connectivity index (χ2n) is 2.98. The second-order valence-corrected chi connectivity index (χ2v) is 5.47. The smallest absolute Gasteiger partial charge is 0.238 e. The van der Waals surface area contributed by atoms with E-state index in [4.69, 9.17) is 16.6 Å². The van der Waals surface area contributed by atoms with Gasteiger partial charge in [-0.1, -0.05) is 0 Å². The highest BCUT2D eigenvalue weighted by Crippen LogP contribution is 2.08. The number of rotatable bonds is 1. The van der Waals surface area contributed by atoms with Crippen LogP contribution in [0.3, 0.4) is 0 Å². The van der Waals surface area contributed by atoms with Crippen molar-refractivity contribution in [2.45, 2.75) is 4.90 Å². The van der Waals surface area contributed by atoms with Crippen molar-refractivity contribution in [1.29, 1.82) is 0 Å². The Morgan fingerprint density at radius 3 is 2.00 bits per heavy atom. The molecule has 0 spiro atoms. The molecular formula is C9H12N4O2S2. The number of nitrogens with zero attached hydrogens (tertiary/aromatic N) is 1. The summed E-state index contributed by atoms with van der Waals surface area (Å²) in [6.07, 6.45) is 1.68. The summed E-state index contributed by atoms with van der Waals surface area (Å²) in [6.45, 7) is 0. The molecule has 0 bridgehead atoms. The van der Waals surface area contributed by atoms with E-state index in [1.165, 1.54) is 35.6 Å². The number of anilines is 2. The third kappa shape index (κ3) is 4.81. The van der Waals surface area contributed by atoms with E-state index in [0.29, 0.717) is 10.8 Å². The first-order valence-electron chi connectivity index (χ1n) is 4.43. The van der Waals surface area contributed by atoms with Crippen LogP contribution in [0.1, 0.15) is 0 Å². The Bertz CT molecular complexity index is 549. The number of aromatic nitrogens is 1. The van der Waals surface area contributed by atoms with Crippen molar-refractivity contribution in [3.05, 3.63) is 35.8 Å². The lowest BCUT2D eigenvalue weighted by atomic mass is 10.3. The molecule has 0 amide bonds. The van der Waals surface area contributed by atoms with Crippen LogP contribution in [0.2, 0.25) is 0 Å². The van der Waals surface area contributed by atoms with Gasteiger partial charge in [0.25, 0.3) is 0 Å². The molecule has 1 aromatic carbocycles. The fourth-order valence-corrected chi connectivity index (χ4v) is 1.79. The molecule has 8 heteroatoms. The van der Waals surface area contributed by atoms with E-state index in [-0.39, 0.29) is 4.90 Å². The summed E-state index contributed by atoms with van der Waals surface area (Å²) in [5.41, 5.74) is 11.0. The van der Waals surface area contributed by atoms with Gasteiger partial charge in [0.1, 0.15) is 0 Å². The van der Waals surface area contributed by atoms with Crippen LogP contribution in [0.5, 0.6) is 0 Å². The SMILES string of the molecule is Nc1ccc(S(N)(=O)=O)cc1.Nc1nccs1. The first-order valence-corrected chi connectivity index (χ1v) is 6.85. The zero-order chi connectivity index (χ0) is 12.9. The predicted molar refractivity (Wildman–Crippen MR) is 68.8 cm³/mol. The minimum atomic E-state index is -3.58. The maximum atomic E-state index is 10.7. The second kappa shape index (κ2) is 5.62. The summed E-state index contributed by atoms with van der Waals surface area (Å²) in [6, 6.07) is 5.70. The quantitative estimate of drug-likeness (QED) is 0.657. The molecule has 6 nitrogen and oxygen atoms in total. The highest BCUT2D eigenvalue weighted by atomic mass is 32.2. The summed E-state index contributed by atoms with van der Waals surface area (Å²) in [5.74, 6) is 0. The minimum Gasteiger partial charge on any atom is -0.399 e. The highest BCUT2D eigenvalue weighted by Gasteiger charge is 2.04. The molecule has 6 N–H and O–H groups in total. The van der Waals surface area contributed by atoms with Gasteiger partial charge in [-0.05, 0) is 24.3 Å². The average Bonchev–Trinajstić information content (AvgIpc) is 2.69. The van der Waals surface area contributed by atoms with Crippen LogP contribution in [-0.2, 0) is 10.0 Å². The summed E-state index contributed by atoms with van der Waals surface area (Å²) in [7, 11) is -3.58. The largest absolute Gasteiger partial charge is 0.399 e. The summed E-state index contributed by atoms with van der Waals surface area (Å²) in [4.78, 5) is 3.79. The van der Waals surface area contributed by atoms with Crippen LogP contribution in [0.15, 0.2) is 40.7 Å². The van der Waals surface area contributed by atoms with Gasteiger partial charge in [0.15, 0.2) is 5.13 Å². The molecule has 0 saturated carbocycles. The van der Waals surface area contributed by atoms with Crippen molar-refractivity contribution >= 4 is 32.2 Å². The predicted octanol–water partition coefficient (Wildman–Crippen LogP) is 0.641. The molecule has 0 aliphatic rings. The molecule has 2 rings (SSSR count). The fraction of sp³-hybridized carbons (Fsp3) is 0. The first-order chi connectivity index (χ1) is 7.89. The molecule has 2 aromatic rings. The molecule has 0 aliphatic carbocycles. The van der Waals surface area contributed by atoms with E-state index < -0.39 is 10.0 Å². The Hall–Kier alpha value is -1.64. The lowest BCUT2D eigenvalue weighted by Gasteiger charge is -1.96. The average molecular weight is 272 g/mol.